The molecule has 0 radical (unpaired) electrons. The number of fused-ring (bicyclic) bond motifs is 6. The number of nitrogens with zero attached hydrogens (tertiary/aromatic N) is 3. The van der Waals surface area contributed by atoms with E-state index in [9.17, 15) is 0 Å². The van der Waals surface area contributed by atoms with Crippen LogP contribution in [0.5, 0.6) is 0 Å². The summed E-state index contributed by atoms with van der Waals surface area (Å²) in [4.78, 5) is 15.4. The Hall–Kier alpha value is -7.01. The Morgan fingerprint density at radius 3 is 1.43 bits per heavy atom. The summed E-state index contributed by atoms with van der Waals surface area (Å²) in [5, 5.41) is 2.54. The van der Waals surface area contributed by atoms with Crippen molar-refractivity contribution in [3.8, 4) is 78.7 Å². The second-order valence-electron chi connectivity index (χ2n) is 15.6. The van der Waals surface area contributed by atoms with Crippen molar-refractivity contribution in [3.63, 3.8) is 0 Å². The normalized spacial score (nSPS) is 12.8. The number of thiophene rings is 1. The minimum Gasteiger partial charge on any atom is -0.208 e. The largest absolute Gasteiger partial charge is 0.208 e. The average molecular weight is 760 g/mol. The molecule has 0 saturated heterocycles. The average Bonchev–Trinajstić information content (AvgIpc) is 3.79. The lowest BCUT2D eigenvalue weighted by Gasteiger charge is -2.21. The molecule has 0 amide bonds. The van der Waals surface area contributed by atoms with Crippen molar-refractivity contribution in [2.45, 2.75) is 19.3 Å². The van der Waals surface area contributed by atoms with Gasteiger partial charge in [0.2, 0.25) is 0 Å². The van der Waals surface area contributed by atoms with Crippen molar-refractivity contribution in [1.29, 1.82) is 0 Å². The van der Waals surface area contributed by atoms with Gasteiger partial charge in [0.15, 0.2) is 17.5 Å². The Kier molecular flexibility index (Phi) is 8.02. The van der Waals surface area contributed by atoms with E-state index in [2.05, 4.69) is 184 Å². The molecule has 10 aromatic rings. The molecule has 1 aliphatic carbocycles. The van der Waals surface area contributed by atoms with Gasteiger partial charge >= 0.3 is 0 Å². The van der Waals surface area contributed by atoms with Crippen LogP contribution >= 0.6 is 11.3 Å². The van der Waals surface area contributed by atoms with Gasteiger partial charge in [0, 0.05) is 42.3 Å². The zero-order chi connectivity index (χ0) is 38.8. The van der Waals surface area contributed by atoms with Gasteiger partial charge in [0.05, 0.1) is 0 Å². The monoisotopic (exact) mass is 759 g/mol. The predicted octanol–water partition coefficient (Wildman–Crippen LogP) is 14.5. The molecule has 1 aliphatic rings. The smallest absolute Gasteiger partial charge is 0.164 e. The van der Waals surface area contributed by atoms with Gasteiger partial charge in [0.25, 0.3) is 0 Å². The fraction of sp³-hybridized carbons (Fsp3) is 0.0556. The quantitative estimate of drug-likeness (QED) is 0.169. The van der Waals surface area contributed by atoms with E-state index in [0.717, 1.165) is 22.3 Å². The topological polar surface area (TPSA) is 38.7 Å². The van der Waals surface area contributed by atoms with E-state index >= 15 is 0 Å². The highest BCUT2D eigenvalue weighted by molar-refractivity contribution is 7.26. The molecule has 0 saturated carbocycles. The summed E-state index contributed by atoms with van der Waals surface area (Å²) < 4.78 is 2.56. The van der Waals surface area contributed by atoms with Crippen molar-refractivity contribution in [3.05, 3.63) is 199 Å². The SMILES string of the molecule is CC1(C)c2ccccc2-c2ccc(-c3nc(-c4ccccc4)nc(-c4cccc(-c5cccc6c5sc5c(-c7cccc(-c8ccccc8)c7)cccc56)c4)n3)cc21. The molecule has 8 aromatic carbocycles. The van der Waals surface area contributed by atoms with Gasteiger partial charge < -0.3 is 0 Å². The first-order valence-electron chi connectivity index (χ1n) is 19.8. The van der Waals surface area contributed by atoms with Crippen LogP contribution in [0.15, 0.2) is 188 Å². The van der Waals surface area contributed by atoms with Gasteiger partial charge in [-0.05, 0) is 73.8 Å². The van der Waals surface area contributed by atoms with Crippen molar-refractivity contribution >= 4 is 31.5 Å². The third kappa shape index (κ3) is 5.68. The molecule has 2 aromatic heterocycles. The molecule has 0 aliphatic heterocycles. The second-order valence-corrected chi connectivity index (χ2v) is 16.6. The maximum atomic E-state index is 5.21. The van der Waals surface area contributed by atoms with Crippen LogP contribution < -0.4 is 0 Å². The Morgan fingerprint density at radius 2 is 0.776 bits per heavy atom. The molecule has 3 nitrogen and oxygen atoms in total. The molecule has 0 bridgehead atoms. The molecule has 0 unspecified atom stereocenters. The third-order valence-corrected chi connectivity index (χ3v) is 13.0. The summed E-state index contributed by atoms with van der Waals surface area (Å²) in [6, 6.07) is 67.2. The van der Waals surface area contributed by atoms with E-state index in [-0.39, 0.29) is 5.41 Å². The van der Waals surface area contributed by atoms with E-state index < -0.39 is 0 Å². The van der Waals surface area contributed by atoms with Crippen molar-refractivity contribution in [2.24, 2.45) is 0 Å². The van der Waals surface area contributed by atoms with Crippen molar-refractivity contribution in [2.75, 3.05) is 0 Å². The highest BCUT2D eigenvalue weighted by Crippen LogP contribution is 2.50. The molecule has 58 heavy (non-hydrogen) atoms. The fourth-order valence-electron chi connectivity index (χ4n) is 8.79. The minimum absolute atomic E-state index is 0.130. The van der Waals surface area contributed by atoms with E-state index in [4.69, 9.17) is 15.0 Å². The summed E-state index contributed by atoms with van der Waals surface area (Å²) >= 11 is 1.87. The Balaban J connectivity index is 1.02. The first-order chi connectivity index (χ1) is 28.5. The lowest BCUT2D eigenvalue weighted by Crippen LogP contribution is -2.15. The number of benzene rings is 8. The highest BCUT2D eigenvalue weighted by atomic mass is 32.1. The van der Waals surface area contributed by atoms with E-state index in [0.29, 0.717) is 17.5 Å². The van der Waals surface area contributed by atoms with Crippen molar-refractivity contribution < 1.29 is 0 Å². The van der Waals surface area contributed by atoms with Crippen LogP contribution in [0.4, 0.5) is 0 Å². The van der Waals surface area contributed by atoms with Crippen molar-refractivity contribution in [1.82, 2.24) is 15.0 Å². The molecule has 0 N–H and O–H groups in total. The summed E-state index contributed by atoms with van der Waals surface area (Å²) in [7, 11) is 0. The predicted molar refractivity (Wildman–Crippen MR) is 243 cm³/mol. The van der Waals surface area contributed by atoms with E-state index in [1.54, 1.807) is 0 Å². The molecular weight excluding hydrogens is 723 g/mol. The van der Waals surface area contributed by atoms with Crippen LogP contribution in [0.2, 0.25) is 0 Å². The molecule has 274 valence electrons. The van der Waals surface area contributed by atoms with Gasteiger partial charge in [-0.1, -0.05) is 184 Å². The third-order valence-electron chi connectivity index (χ3n) is 11.7. The van der Waals surface area contributed by atoms with Crippen LogP contribution in [0.3, 0.4) is 0 Å². The Labute approximate surface area is 342 Å². The van der Waals surface area contributed by atoms with Gasteiger partial charge in [-0.15, -0.1) is 11.3 Å². The molecule has 2 heterocycles. The summed E-state index contributed by atoms with van der Waals surface area (Å²) in [6.07, 6.45) is 0. The lowest BCUT2D eigenvalue weighted by atomic mass is 9.82. The molecule has 0 spiro atoms. The maximum Gasteiger partial charge on any atom is 0.164 e. The van der Waals surface area contributed by atoms with Crippen LogP contribution in [0.1, 0.15) is 25.0 Å². The van der Waals surface area contributed by atoms with Gasteiger partial charge in [-0.3, -0.25) is 0 Å². The maximum absolute atomic E-state index is 5.21. The summed E-state index contributed by atoms with van der Waals surface area (Å²) in [5.41, 5.74) is 15.2. The van der Waals surface area contributed by atoms with Crippen LogP contribution in [-0.4, -0.2) is 15.0 Å². The number of hydrogen-bond donors (Lipinski definition) is 0. The lowest BCUT2D eigenvalue weighted by molar-refractivity contribution is 0.660. The molecular formula is C54H37N3S. The highest BCUT2D eigenvalue weighted by Gasteiger charge is 2.35. The number of rotatable bonds is 6. The molecule has 4 heteroatoms. The molecule has 0 fully saturated rings. The fourth-order valence-corrected chi connectivity index (χ4v) is 10.2. The zero-order valence-corrected chi connectivity index (χ0v) is 33.0. The zero-order valence-electron chi connectivity index (χ0n) is 32.1. The Morgan fingerprint density at radius 1 is 0.328 bits per heavy atom. The van der Waals surface area contributed by atoms with Crippen LogP contribution in [0.25, 0.3) is 98.8 Å². The van der Waals surface area contributed by atoms with E-state index in [1.165, 1.54) is 70.2 Å². The molecule has 0 atom stereocenters. The summed E-state index contributed by atoms with van der Waals surface area (Å²) in [6.45, 7) is 4.62. The first kappa shape index (κ1) is 34.3. The Bertz CT molecular complexity index is 3200. The number of aromatic nitrogens is 3. The van der Waals surface area contributed by atoms with Crippen LogP contribution in [0, 0.1) is 0 Å². The standard InChI is InChI=1S/C54H37N3S/c1-54(2)47-28-10-9-23-43(47)44-30-29-40(33-48(44)54)53-56-51(35-17-7-4-8-18-35)55-52(57-53)39-22-12-21-38(32-39)42-25-14-27-46-45-26-13-24-41(49(45)58-50(42)46)37-20-11-19-36(31-37)34-15-5-3-6-16-34/h3-33H,1-2H3. The minimum atomic E-state index is -0.130. The van der Waals surface area contributed by atoms with Gasteiger partial charge in [-0.25, -0.2) is 15.0 Å². The molecule has 11 rings (SSSR count). The van der Waals surface area contributed by atoms with Gasteiger partial charge in [-0.2, -0.15) is 0 Å². The second kappa shape index (κ2) is 13.6. The number of hydrogen-bond acceptors (Lipinski definition) is 4. The van der Waals surface area contributed by atoms with Gasteiger partial charge in [0.1, 0.15) is 0 Å². The first-order valence-corrected chi connectivity index (χ1v) is 20.6. The van der Waals surface area contributed by atoms with E-state index in [1.807, 2.05) is 29.5 Å². The summed E-state index contributed by atoms with van der Waals surface area (Å²) in [5.74, 6) is 1.97. The van der Waals surface area contributed by atoms with Crippen LogP contribution in [-0.2, 0) is 5.41 Å².